The SMILES string of the molecule is CCCCCCCC/C=C\CCCCCCCC(=O)OC(CCCC)CCCCCCC.CCCCCCCCCCCCCC(=O)OCCCC. The van der Waals surface area contributed by atoms with Crippen molar-refractivity contribution in [3.63, 3.8) is 0 Å². The van der Waals surface area contributed by atoms with Crippen LogP contribution >= 0.6 is 0 Å². The Morgan fingerprint density at radius 2 is 0.731 bits per heavy atom. The van der Waals surface area contributed by atoms with Gasteiger partial charge >= 0.3 is 11.9 Å². The largest absolute Gasteiger partial charge is 0.466 e. The second kappa shape index (κ2) is 47.7. The Morgan fingerprint density at radius 3 is 1.17 bits per heavy atom. The molecule has 1 unspecified atom stereocenters. The lowest BCUT2D eigenvalue weighted by atomic mass is 10.0. The first kappa shape index (κ1) is 52.8. The summed E-state index contributed by atoms with van der Waals surface area (Å²) in [5, 5.41) is 0. The van der Waals surface area contributed by atoms with Crippen molar-refractivity contribution in [1.29, 1.82) is 0 Å². The van der Waals surface area contributed by atoms with Crippen molar-refractivity contribution >= 4 is 11.9 Å². The van der Waals surface area contributed by atoms with E-state index in [9.17, 15) is 9.59 Å². The summed E-state index contributed by atoms with van der Waals surface area (Å²) < 4.78 is 11.0. The van der Waals surface area contributed by atoms with Gasteiger partial charge in [0, 0.05) is 12.8 Å². The van der Waals surface area contributed by atoms with Gasteiger partial charge in [-0.3, -0.25) is 9.59 Å². The molecular weight excluding hydrogens is 641 g/mol. The lowest BCUT2D eigenvalue weighted by molar-refractivity contribution is -0.150. The molecule has 4 heteroatoms. The summed E-state index contributed by atoms with van der Waals surface area (Å²) in [6.07, 6.45) is 50.3. The van der Waals surface area contributed by atoms with Crippen LogP contribution in [0.2, 0.25) is 0 Å². The first-order valence-corrected chi connectivity index (χ1v) is 23.5. The van der Waals surface area contributed by atoms with E-state index in [0.29, 0.717) is 19.4 Å². The van der Waals surface area contributed by atoms with Crippen LogP contribution in [0.5, 0.6) is 0 Å². The molecule has 0 aromatic carbocycles. The summed E-state index contributed by atoms with van der Waals surface area (Å²) in [7, 11) is 0. The van der Waals surface area contributed by atoms with Gasteiger partial charge in [-0.25, -0.2) is 0 Å². The average molecular weight is 735 g/mol. The van der Waals surface area contributed by atoms with Gasteiger partial charge in [0.25, 0.3) is 0 Å². The highest BCUT2D eigenvalue weighted by Crippen LogP contribution is 2.17. The maximum Gasteiger partial charge on any atom is 0.306 e. The van der Waals surface area contributed by atoms with E-state index in [1.807, 2.05) is 0 Å². The standard InChI is InChI=1S/C30H58O2.C18H36O2/c1-4-7-10-12-13-14-15-16-17-18-19-20-21-23-25-28-30(31)32-29(26-9-6-3)27-24-22-11-8-5-2;1-3-5-7-8-9-10-11-12-13-14-15-16-18(19)20-17-6-4-2/h16-17,29H,4-15,18-28H2,1-3H3;3-17H2,1-2H3/b17-16-;. The van der Waals surface area contributed by atoms with Crippen LogP contribution < -0.4 is 0 Å². The zero-order chi connectivity index (χ0) is 38.4. The van der Waals surface area contributed by atoms with Crippen LogP contribution in [-0.4, -0.2) is 24.6 Å². The Labute approximate surface area is 327 Å². The van der Waals surface area contributed by atoms with Gasteiger partial charge in [-0.1, -0.05) is 207 Å². The molecule has 1 atom stereocenters. The van der Waals surface area contributed by atoms with Crippen LogP contribution in [0.4, 0.5) is 0 Å². The Balaban J connectivity index is 0. The monoisotopic (exact) mass is 735 g/mol. The molecular formula is C48H94O4. The number of carbonyl (C=O) groups excluding carboxylic acids is 2. The van der Waals surface area contributed by atoms with Gasteiger partial charge in [-0.2, -0.15) is 0 Å². The third kappa shape index (κ3) is 46.7. The molecule has 0 amide bonds. The van der Waals surface area contributed by atoms with Crippen molar-refractivity contribution in [3.05, 3.63) is 12.2 Å². The number of carbonyl (C=O) groups is 2. The van der Waals surface area contributed by atoms with Crippen LogP contribution in [0.15, 0.2) is 12.2 Å². The second-order valence-corrected chi connectivity index (χ2v) is 15.7. The third-order valence-corrected chi connectivity index (χ3v) is 10.2. The minimum atomic E-state index is -0.00521. The molecule has 0 N–H and O–H groups in total. The number of rotatable bonds is 40. The molecule has 0 aliphatic carbocycles. The summed E-state index contributed by atoms with van der Waals surface area (Å²) in [5.41, 5.74) is 0. The number of hydrogen-bond acceptors (Lipinski definition) is 4. The van der Waals surface area contributed by atoms with Crippen molar-refractivity contribution in [2.45, 2.75) is 278 Å². The van der Waals surface area contributed by atoms with Crippen LogP contribution in [0, 0.1) is 0 Å². The van der Waals surface area contributed by atoms with Crippen LogP contribution in [0.25, 0.3) is 0 Å². The normalized spacial score (nSPS) is 11.8. The molecule has 0 heterocycles. The van der Waals surface area contributed by atoms with Gasteiger partial charge in [-0.05, 0) is 64.2 Å². The molecule has 310 valence electrons. The zero-order valence-corrected chi connectivity index (χ0v) is 36.2. The molecule has 4 nitrogen and oxygen atoms in total. The maximum absolute atomic E-state index is 12.3. The number of allylic oxidation sites excluding steroid dienone is 2. The van der Waals surface area contributed by atoms with E-state index in [1.165, 1.54) is 180 Å². The van der Waals surface area contributed by atoms with Gasteiger partial charge < -0.3 is 9.47 Å². The molecule has 0 bridgehead atoms. The van der Waals surface area contributed by atoms with Crippen molar-refractivity contribution < 1.29 is 19.1 Å². The van der Waals surface area contributed by atoms with Gasteiger partial charge in [0.1, 0.15) is 6.10 Å². The molecule has 0 fully saturated rings. The summed E-state index contributed by atoms with van der Waals surface area (Å²) in [5.74, 6) is 0.0339. The smallest absolute Gasteiger partial charge is 0.306 e. The number of unbranched alkanes of at least 4 members (excludes halogenated alkanes) is 27. The van der Waals surface area contributed by atoms with E-state index >= 15 is 0 Å². The molecule has 0 aliphatic rings. The molecule has 0 radical (unpaired) electrons. The number of esters is 2. The summed E-state index contributed by atoms with van der Waals surface area (Å²) in [6.45, 7) is 11.7. The Bertz CT molecular complexity index is 717. The van der Waals surface area contributed by atoms with E-state index in [4.69, 9.17) is 9.47 Å². The van der Waals surface area contributed by atoms with Crippen LogP contribution in [0.1, 0.15) is 272 Å². The molecule has 0 aromatic rings. The first-order valence-electron chi connectivity index (χ1n) is 23.5. The fourth-order valence-corrected chi connectivity index (χ4v) is 6.59. The van der Waals surface area contributed by atoms with E-state index in [2.05, 4.69) is 46.8 Å². The van der Waals surface area contributed by atoms with E-state index < -0.39 is 0 Å². The van der Waals surface area contributed by atoms with Crippen LogP contribution in [0.3, 0.4) is 0 Å². The molecule has 0 saturated heterocycles. The van der Waals surface area contributed by atoms with Crippen molar-refractivity contribution in [2.24, 2.45) is 0 Å². The summed E-state index contributed by atoms with van der Waals surface area (Å²) >= 11 is 0. The minimum Gasteiger partial charge on any atom is -0.466 e. The lowest BCUT2D eigenvalue weighted by Crippen LogP contribution is -2.18. The molecule has 0 aromatic heterocycles. The lowest BCUT2D eigenvalue weighted by Gasteiger charge is -2.18. The first-order chi connectivity index (χ1) is 25.5. The zero-order valence-electron chi connectivity index (χ0n) is 36.2. The third-order valence-electron chi connectivity index (χ3n) is 10.2. The highest BCUT2D eigenvalue weighted by molar-refractivity contribution is 5.69. The minimum absolute atomic E-state index is 0.00521. The predicted octanol–water partition coefficient (Wildman–Crippen LogP) is 16.5. The topological polar surface area (TPSA) is 52.6 Å². The molecule has 0 saturated carbocycles. The van der Waals surface area contributed by atoms with E-state index in [0.717, 1.165) is 44.9 Å². The Kier molecular flexibility index (Phi) is 48.4. The highest BCUT2D eigenvalue weighted by atomic mass is 16.5. The fraction of sp³-hybridized carbons (Fsp3) is 0.917. The molecule has 0 aliphatic heterocycles. The fourth-order valence-electron chi connectivity index (χ4n) is 6.59. The van der Waals surface area contributed by atoms with Gasteiger partial charge in [0.05, 0.1) is 6.61 Å². The Hall–Kier alpha value is -1.32. The molecule has 0 rings (SSSR count). The van der Waals surface area contributed by atoms with Crippen molar-refractivity contribution in [1.82, 2.24) is 0 Å². The second-order valence-electron chi connectivity index (χ2n) is 15.7. The maximum atomic E-state index is 12.3. The number of ether oxygens (including phenoxy) is 2. The van der Waals surface area contributed by atoms with Crippen LogP contribution in [-0.2, 0) is 19.1 Å². The van der Waals surface area contributed by atoms with E-state index in [-0.39, 0.29) is 18.0 Å². The van der Waals surface area contributed by atoms with Gasteiger partial charge in [0.2, 0.25) is 0 Å². The predicted molar refractivity (Wildman–Crippen MR) is 229 cm³/mol. The van der Waals surface area contributed by atoms with Gasteiger partial charge in [-0.15, -0.1) is 0 Å². The van der Waals surface area contributed by atoms with Crippen molar-refractivity contribution in [2.75, 3.05) is 6.61 Å². The quantitative estimate of drug-likeness (QED) is 0.0357. The van der Waals surface area contributed by atoms with Gasteiger partial charge in [0.15, 0.2) is 0 Å². The molecule has 52 heavy (non-hydrogen) atoms. The average Bonchev–Trinajstić information content (AvgIpc) is 3.14. The highest BCUT2D eigenvalue weighted by Gasteiger charge is 2.13. The number of hydrogen-bond donors (Lipinski definition) is 0. The Morgan fingerprint density at radius 1 is 0.385 bits per heavy atom. The molecule has 0 spiro atoms. The summed E-state index contributed by atoms with van der Waals surface area (Å²) in [4.78, 5) is 23.6. The van der Waals surface area contributed by atoms with E-state index in [1.54, 1.807) is 0 Å². The van der Waals surface area contributed by atoms with Crippen molar-refractivity contribution in [3.8, 4) is 0 Å². The summed E-state index contributed by atoms with van der Waals surface area (Å²) in [6, 6.07) is 0.